The Bertz CT molecular complexity index is 438. The monoisotopic (exact) mass is 269 g/mol. The summed E-state index contributed by atoms with van der Waals surface area (Å²) in [6.45, 7) is 1.82. The van der Waals surface area contributed by atoms with Crippen molar-refractivity contribution in [2.45, 2.75) is 19.4 Å². The van der Waals surface area contributed by atoms with Crippen LogP contribution in [0.1, 0.15) is 13.3 Å². The average Bonchev–Trinajstić information content (AvgIpc) is 2.37. The van der Waals surface area contributed by atoms with E-state index in [9.17, 15) is 4.79 Å². The number of anilines is 3. The van der Waals surface area contributed by atoms with Crippen molar-refractivity contribution in [2.24, 2.45) is 5.84 Å². The lowest BCUT2D eigenvalue weighted by Crippen LogP contribution is -2.24. The summed E-state index contributed by atoms with van der Waals surface area (Å²) in [7, 11) is 4.95. The molecule has 0 amide bonds. The van der Waals surface area contributed by atoms with E-state index >= 15 is 0 Å². The van der Waals surface area contributed by atoms with Gasteiger partial charge < -0.3 is 15.0 Å². The van der Waals surface area contributed by atoms with Crippen LogP contribution in [0.3, 0.4) is 0 Å². The third kappa shape index (κ3) is 4.54. The van der Waals surface area contributed by atoms with Gasteiger partial charge in [0.1, 0.15) is 0 Å². The number of carbonyl (C=O) groups excluding carboxylic acids is 1. The van der Waals surface area contributed by atoms with Gasteiger partial charge in [0.2, 0.25) is 17.8 Å². The van der Waals surface area contributed by atoms with Crippen molar-refractivity contribution in [3.63, 3.8) is 0 Å². The molecule has 19 heavy (non-hydrogen) atoms. The summed E-state index contributed by atoms with van der Waals surface area (Å²) in [5.41, 5.74) is 2.37. The SMILES string of the molecule is COC(=O)CC(C)Nc1nc(NN)nc(N(C)C)n1. The highest BCUT2D eigenvalue weighted by molar-refractivity contribution is 5.70. The van der Waals surface area contributed by atoms with Crippen LogP contribution in [0, 0.1) is 0 Å². The Kier molecular flexibility index (Phi) is 5.24. The van der Waals surface area contributed by atoms with E-state index in [0.717, 1.165) is 0 Å². The van der Waals surface area contributed by atoms with E-state index in [2.05, 4.69) is 30.4 Å². The van der Waals surface area contributed by atoms with Gasteiger partial charge >= 0.3 is 5.97 Å². The van der Waals surface area contributed by atoms with Crippen LogP contribution in [0.2, 0.25) is 0 Å². The first-order chi connectivity index (χ1) is 8.96. The van der Waals surface area contributed by atoms with Crippen molar-refractivity contribution < 1.29 is 9.53 Å². The number of nitrogens with one attached hydrogen (secondary N) is 2. The van der Waals surface area contributed by atoms with Crippen LogP contribution in [-0.4, -0.2) is 48.2 Å². The second-order valence-electron chi connectivity index (χ2n) is 4.15. The molecule has 1 rings (SSSR count). The minimum atomic E-state index is -0.306. The highest BCUT2D eigenvalue weighted by Crippen LogP contribution is 2.12. The molecule has 0 aliphatic carbocycles. The van der Waals surface area contributed by atoms with Gasteiger partial charge in [-0.15, -0.1) is 0 Å². The zero-order valence-electron chi connectivity index (χ0n) is 11.5. The van der Waals surface area contributed by atoms with Crippen LogP contribution in [-0.2, 0) is 9.53 Å². The predicted octanol–water partition coefficient (Wildman–Crippen LogP) is -0.413. The molecule has 0 aromatic carbocycles. The van der Waals surface area contributed by atoms with Gasteiger partial charge in [-0.25, -0.2) is 5.84 Å². The summed E-state index contributed by atoms with van der Waals surface area (Å²) in [4.78, 5) is 25.2. The van der Waals surface area contributed by atoms with Gasteiger partial charge in [-0.1, -0.05) is 0 Å². The predicted molar refractivity (Wildman–Crippen MR) is 71.7 cm³/mol. The number of methoxy groups -OCH3 is 1. The average molecular weight is 269 g/mol. The fourth-order valence-electron chi connectivity index (χ4n) is 1.30. The second kappa shape index (κ2) is 6.69. The number of hydrazine groups is 1. The number of hydrogen-bond donors (Lipinski definition) is 3. The summed E-state index contributed by atoms with van der Waals surface area (Å²) >= 11 is 0. The van der Waals surface area contributed by atoms with Gasteiger partial charge in [0.25, 0.3) is 0 Å². The number of ether oxygens (including phenoxy) is 1. The standard InChI is InChI=1S/C10H19N7O2/c1-6(5-7(18)19-4)12-8-13-9(16-11)15-10(14-8)17(2)3/h6H,5,11H2,1-4H3,(H2,12,13,14,15,16). The molecule has 1 aromatic heterocycles. The Labute approximate surface area is 111 Å². The molecule has 0 aliphatic heterocycles. The lowest BCUT2D eigenvalue weighted by atomic mass is 10.2. The molecule has 0 bridgehead atoms. The number of nitrogens with two attached hydrogens (primary N) is 1. The molecule has 0 fully saturated rings. The maximum atomic E-state index is 11.2. The lowest BCUT2D eigenvalue weighted by molar-refractivity contribution is -0.140. The fraction of sp³-hybridized carbons (Fsp3) is 0.600. The number of hydrogen-bond acceptors (Lipinski definition) is 9. The molecule has 0 saturated heterocycles. The van der Waals surface area contributed by atoms with Gasteiger partial charge in [-0.3, -0.25) is 10.2 Å². The molecular weight excluding hydrogens is 250 g/mol. The molecule has 0 aliphatic rings. The van der Waals surface area contributed by atoms with Gasteiger partial charge in [-0.2, -0.15) is 15.0 Å². The normalized spacial score (nSPS) is 11.6. The van der Waals surface area contributed by atoms with E-state index in [1.165, 1.54) is 7.11 Å². The van der Waals surface area contributed by atoms with Crippen LogP contribution < -0.4 is 21.5 Å². The van der Waals surface area contributed by atoms with Gasteiger partial charge in [0, 0.05) is 20.1 Å². The van der Waals surface area contributed by atoms with E-state index in [-0.39, 0.29) is 24.4 Å². The molecule has 0 spiro atoms. The molecule has 4 N–H and O–H groups in total. The van der Waals surface area contributed by atoms with E-state index < -0.39 is 0 Å². The van der Waals surface area contributed by atoms with Crippen LogP contribution in [0.15, 0.2) is 0 Å². The molecule has 106 valence electrons. The summed E-state index contributed by atoms with van der Waals surface area (Å²) in [5, 5.41) is 2.99. The Morgan fingerprint density at radius 1 is 1.37 bits per heavy atom. The maximum absolute atomic E-state index is 11.2. The van der Waals surface area contributed by atoms with E-state index in [4.69, 9.17) is 5.84 Å². The van der Waals surface area contributed by atoms with Crippen molar-refractivity contribution in [3.05, 3.63) is 0 Å². The van der Waals surface area contributed by atoms with E-state index in [1.54, 1.807) is 19.0 Å². The van der Waals surface area contributed by atoms with Crippen molar-refractivity contribution in [2.75, 3.05) is 36.8 Å². The number of carbonyl (C=O) groups is 1. The number of aromatic nitrogens is 3. The molecule has 9 nitrogen and oxygen atoms in total. The summed E-state index contributed by atoms with van der Waals surface area (Å²) < 4.78 is 4.59. The van der Waals surface area contributed by atoms with Crippen LogP contribution in [0.4, 0.5) is 17.8 Å². The van der Waals surface area contributed by atoms with Crippen molar-refractivity contribution >= 4 is 23.8 Å². The van der Waals surface area contributed by atoms with Crippen molar-refractivity contribution in [3.8, 4) is 0 Å². The quantitative estimate of drug-likeness (QED) is 0.359. The molecule has 0 radical (unpaired) electrons. The number of rotatable bonds is 6. The zero-order chi connectivity index (χ0) is 14.4. The van der Waals surface area contributed by atoms with Crippen LogP contribution in [0.25, 0.3) is 0 Å². The zero-order valence-corrected chi connectivity index (χ0v) is 11.5. The Morgan fingerprint density at radius 3 is 2.53 bits per heavy atom. The minimum Gasteiger partial charge on any atom is -0.469 e. The maximum Gasteiger partial charge on any atom is 0.307 e. The van der Waals surface area contributed by atoms with Gasteiger partial charge in [0.15, 0.2) is 0 Å². The molecule has 1 unspecified atom stereocenters. The Morgan fingerprint density at radius 2 is 2.00 bits per heavy atom. The summed E-state index contributed by atoms with van der Waals surface area (Å²) in [5.74, 6) is 6.02. The smallest absolute Gasteiger partial charge is 0.307 e. The molecule has 1 atom stereocenters. The molecular formula is C10H19N7O2. The van der Waals surface area contributed by atoms with E-state index in [0.29, 0.717) is 11.9 Å². The largest absolute Gasteiger partial charge is 0.469 e. The fourth-order valence-corrected chi connectivity index (χ4v) is 1.30. The van der Waals surface area contributed by atoms with Crippen LogP contribution in [0.5, 0.6) is 0 Å². The topological polar surface area (TPSA) is 118 Å². The van der Waals surface area contributed by atoms with Gasteiger partial charge in [-0.05, 0) is 6.92 Å². The van der Waals surface area contributed by atoms with E-state index in [1.807, 2.05) is 6.92 Å². The second-order valence-corrected chi connectivity index (χ2v) is 4.15. The molecule has 0 saturated carbocycles. The summed E-state index contributed by atoms with van der Waals surface area (Å²) in [6.07, 6.45) is 0.213. The number of esters is 1. The highest BCUT2D eigenvalue weighted by Gasteiger charge is 2.12. The third-order valence-electron chi connectivity index (χ3n) is 2.23. The van der Waals surface area contributed by atoms with Crippen molar-refractivity contribution in [1.29, 1.82) is 0 Å². The number of nitrogen functional groups attached to an aromatic ring is 1. The highest BCUT2D eigenvalue weighted by atomic mass is 16.5. The number of nitrogens with zero attached hydrogens (tertiary/aromatic N) is 4. The molecule has 1 aromatic rings. The first-order valence-electron chi connectivity index (χ1n) is 5.69. The lowest BCUT2D eigenvalue weighted by Gasteiger charge is -2.16. The minimum absolute atomic E-state index is 0.171. The summed E-state index contributed by atoms with van der Waals surface area (Å²) in [6, 6.07) is -0.171. The molecule has 1 heterocycles. The molecule has 9 heteroatoms. The first-order valence-corrected chi connectivity index (χ1v) is 5.69. The van der Waals surface area contributed by atoms with Gasteiger partial charge in [0.05, 0.1) is 13.5 Å². The first kappa shape index (κ1) is 14.9. The third-order valence-corrected chi connectivity index (χ3v) is 2.23. The Hall–Kier alpha value is -2.16. The van der Waals surface area contributed by atoms with Crippen LogP contribution >= 0.6 is 0 Å². The Balaban J connectivity index is 2.82. The van der Waals surface area contributed by atoms with Crippen molar-refractivity contribution in [1.82, 2.24) is 15.0 Å².